The van der Waals surface area contributed by atoms with Gasteiger partial charge in [-0.05, 0) is 26.2 Å². The minimum absolute atomic E-state index is 0.000655. The first-order valence-electron chi connectivity index (χ1n) is 24.5. The number of nitrogens with zero attached hydrogens (tertiary/aromatic N) is 1. The van der Waals surface area contributed by atoms with E-state index in [1.165, 1.54) is 25.2 Å². The Bertz CT molecular complexity index is 2020. The van der Waals surface area contributed by atoms with E-state index in [4.69, 9.17) is 64.3 Å². The maximum atomic E-state index is 10.5. The van der Waals surface area contributed by atoms with Crippen molar-refractivity contribution in [3.05, 3.63) is 18.2 Å². The van der Waals surface area contributed by atoms with Crippen molar-refractivity contribution in [1.29, 1.82) is 5.40 Å². The fourth-order valence-electron chi connectivity index (χ4n) is 2.31. The van der Waals surface area contributed by atoms with Crippen molar-refractivity contribution in [2.24, 2.45) is 63.0 Å². The van der Waals surface area contributed by atoms with E-state index in [9.17, 15) is 52.7 Å². The third-order valence-electron chi connectivity index (χ3n) is 5.81. The molecule has 0 unspecified atom stereocenters. The largest absolute Gasteiger partial charge is 0.481 e. The molecule has 0 bridgehead atoms. The maximum absolute atomic E-state index is 10.5. The van der Waals surface area contributed by atoms with Crippen LogP contribution in [0.2, 0.25) is 18.4 Å². The summed E-state index contributed by atoms with van der Waals surface area (Å²) in [6.45, 7) is 1.49. The summed E-state index contributed by atoms with van der Waals surface area (Å²) in [7, 11) is 0. The summed E-state index contributed by atoms with van der Waals surface area (Å²) in [5, 5.41) is 79.6. The Morgan fingerprint density at radius 2 is 1.16 bits per heavy atom. The van der Waals surface area contributed by atoms with Gasteiger partial charge in [0.2, 0.25) is 11.8 Å². The van der Waals surface area contributed by atoms with Gasteiger partial charge < -0.3 is 119 Å². The van der Waals surface area contributed by atoms with E-state index in [0.29, 0.717) is 18.7 Å². The zero-order chi connectivity index (χ0) is 65.5. The number of carbonyl (C=O) groups excluding carboxylic acids is 2. The van der Waals surface area contributed by atoms with E-state index in [1.807, 2.05) is 28.6 Å². The van der Waals surface area contributed by atoms with Crippen molar-refractivity contribution in [2.45, 2.75) is 94.2 Å². The molecule has 0 aromatic carbocycles. The maximum Gasteiger partial charge on any atom is 0.321 e. The second-order valence-electron chi connectivity index (χ2n) is 12.0. The molecule has 400 valence electrons. The molecule has 7 atom stereocenters. The molecule has 34 N–H and O–H groups in total. The zero-order valence-corrected chi connectivity index (χ0v) is 37.0. The Morgan fingerprint density at radius 3 is 1.43 bits per heavy atom. The summed E-state index contributed by atoms with van der Waals surface area (Å²) in [6.07, 6.45) is 2.46. The molecule has 36 heteroatoms. The quantitative estimate of drug-likeness (QED) is 0.0147. The minimum atomic E-state index is -1.34. The summed E-state index contributed by atoms with van der Waals surface area (Å²) in [6, 6.07) is -7.11. The summed E-state index contributed by atoms with van der Waals surface area (Å²) in [5.41, 5.74) is 19.7. The number of aliphatic carboxylic acids is 9. The Balaban J connectivity index is -0.000000159. The van der Waals surface area contributed by atoms with E-state index < -0.39 is 121 Å². The van der Waals surface area contributed by atoms with Gasteiger partial charge in [0.1, 0.15) is 53.6 Å². The third kappa shape index (κ3) is 67.4. The van der Waals surface area contributed by atoms with Crippen molar-refractivity contribution in [3.8, 4) is 0 Å². The molecule has 1 heterocycles. The number of guanidine groups is 1. The van der Waals surface area contributed by atoms with Crippen LogP contribution in [0.5, 0.6) is 0 Å². The highest BCUT2D eigenvalue weighted by atomic mass is 32.1. The second-order valence-corrected chi connectivity index (χ2v) is 12.3. The van der Waals surface area contributed by atoms with Gasteiger partial charge in [-0.3, -0.25) is 58.1 Å². The lowest BCUT2D eigenvalue weighted by atomic mass is 10.2. The molecule has 0 radical (unpaired) electrons. The van der Waals surface area contributed by atoms with Gasteiger partial charge in [0.05, 0.1) is 31.4 Å². The molecule has 1 aromatic heterocycles. The molecule has 0 saturated carbocycles. The highest BCUT2D eigenvalue weighted by Gasteiger charge is 2.16. The van der Waals surface area contributed by atoms with Crippen molar-refractivity contribution in [1.82, 2.24) is 15.3 Å². The molecule has 35 nitrogen and oxygen atoms in total. The van der Waals surface area contributed by atoms with Gasteiger partial charge in [0.25, 0.3) is 0 Å². The third-order valence-corrected chi connectivity index (χ3v) is 6.18. The van der Waals surface area contributed by atoms with Crippen LogP contribution in [0.15, 0.2) is 12.5 Å². The van der Waals surface area contributed by atoms with Crippen LogP contribution in [-0.2, 0) is 59.2 Å². The van der Waals surface area contributed by atoms with Crippen LogP contribution in [0, 0.1) is 5.40 Å². The lowest BCUT2D eigenvalue weighted by Gasteiger charge is -2.06. The Hall–Kier alpha value is -7.32. The van der Waals surface area contributed by atoms with Crippen LogP contribution in [0.25, 0.3) is 0 Å². The summed E-state index contributed by atoms with van der Waals surface area (Å²) in [5.74, 6) is -11.4. The standard InChI is InChI=1S/C6H14N4O2.C6H9N3O2.C5H10N2O3.C4H8N2O3.C4H7NO4.C3H7NO2S.C3H7NO2.C2H5NO2/c7-4(5(11)12)2-1-3-10-6(8)9;7-5(6(10)11)1-4-2-8-3-9-4;6-3(5(9)10)1-2-4(7)8;2*5-2(4(8)9)1-3(6)7;4-2(1-7)3(5)6;1-2(4)3(5)6;3-1-2(4)5/h4H,1-3,7H2,(H,11,12)(H4,8,9,10);2-3,5H,1,7H2,(H,8,9)(H,10,11);3H,1-2,6H2,(H2,7,8)(H,9,10);2H,1,5H2,(H2,6,7)(H,8,9);2H,1,5H2,(H,6,7)(H,8,9);2,7H,1,4H2,(H,5,6);2H,4H2,1H3,(H,5,6);1,3H2,(H,4,5)/t4-;5-;3-;4*2-;/m0000000./s1/i/hD13. The summed E-state index contributed by atoms with van der Waals surface area (Å²) in [4.78, 5) is 116. The van der Waals surface area contributed by atoms with Gasteiger partial charge in [-0.2, -0.15) is 12.6 Å². The predicted octanol–water partition coefficient (Wildman–Crippen LogP) is -8.39. The molecule has 0 spiro atoms. The van der Waals surface area contributed by atoms with Gasteiger partial charge >= 0.3 is 53.7 Å². The number of H-pyrrole nitrogens is 1. The number of aromatic amines is 1. The lowest BCUT2D eigenvalue weighted by molar-refractivity contribution is -0.144. The molecular formula is C33H67N15O20S. The first kappa shape index (κ1) is 49.6. The highest BCUT2D eigenvalue weighted by Crippen LogP contribution is 1.96. The number of primary amides is 2. The van der Waals surface area contributed by atoms with Gasteiger partial charge in [-0.15, -0.1) is 0 Å². The van der Waals surface area contributed by atoms with Crippen molar-refractivity contribution in [2.75, 3.05) is 18.8 Å². The number of carboxylic acid groups (broad SMARTS) is 9. The first-order chi connectivity index (χ1) is 38.3. The number of hydrogen-bond acceptors (Lipinski definition) is 22. The number of thiol groups is 1. The fraction of sp³-hybridized carbons (Fsp3) is 0.545. The van der Waals surface area contributed by atoms with E-state index in [1.54, 1.807) is 28.6 Å². The number of aromatic nitrogens is 2. The molecule has 1 aromatic rings. The second kappa shape index (κ2) is 47.2. The molecule has 69 heavy (non-hydrogen) atoms. The topological polar surface area (TPSA) is 721 Å². The van der Waals surface area contributed by atoms with Crippen molar-refractivity contribution >= 4 is 84.1 Å². The molecule has 0 saturated heterocycles. The van der Waals surface area contributed by atoms with E-state index in [0.717, 1.165) is 4.98 Å². The number of hydrogen-bond donors (Lipinski definition) is 24. The number of nitrogens with two attached hydrogens (primary N) is 11. The van der Waals surface area contributed by atoms with E-state index in [-0.39, 0.29) is 43.9 Å². The average Bonchev–Trinajstić information content (AvgIpc) is 3.84. The average molecular weight is 1040 g/mol. The van der Waals surface area contributed by atoms with Gasteiger partial charge in [0, 0.05) is 31.3 Å². The van der Waals surface area contributed by atoms with Crippen LogP contribution in [0.3, 0.4) is 0 Å². The number of carboxylic acids is 9. The Kier molecular flexibility index (Phi) is 33.9. The smallest absolute Gasteiger partial charge is 0.321 e. The zero-order valence-electron chi connectivity index (χ0n) is 49.1. The molecule has 0 aliphatic carbocycles. The monoisotopic (exact) mass is 1040 g/mol. The normalized spacial score (nSPS) is 15.0. The van der Waals surface area contributed by atoms with E-state index in [2.05, 4.69) is 28.3 Å². The van der Waals surface area contributed by atoms with Gasteiger partial charge in [0.15, 0.2) is 13.0 Å². The highest BCUT2D eigenvalue weighted by molar-refractivity contribution is 7.80. The lowest BCUT2D eigenvalue weighted by Crippen LogP contribution is -2.34. The summed E-state index contributed by atoms with van der Waals surface area (Å²) >= 11 is 3.67. The number of carbonyl (C=O) groups is 11. The van der Waals surface area contributed by atoms with Crippen LogP contribution in [0.1, 0.15) is 51.1 Å². The Labute approximate surface area is 416 Å². The molecule has 0 fully saturated rings. The molecule has 2 amide bonds. The number of imidazole rings is 1. The fourth-order valence-corrected chi connectivity index (χ4v) is 2.47. The van der Waals surface area contributed by atoms with Crippen LogP contribution >= 0.6 is 12.6 Å². The van der Waals surface area contributed by atoms with Crippen molar-refractivity contribution in [3.63, 3.8) is 0 Å². The molecular weight excluding hydrogens is 959 g/mol. The Morgan fingerprint density at radius 1 is 0.667 bits per heavy atom. The van der Waals surface area contributed by atoms with Gasteiger partial charge in [-0.25, -0.2) is 4.98 Å². The summed E-state index contributed by atoms with van der Waals surface area (Å²) < 4.78 is 84.8. The molecule has 0 aliphatic rings. The van der Waals surface area contributed by atoms with Crippen LogP contribution in [0.4, 0.5) is 0 Å². The van der Waals surface area contributed by atoms with Crippen LogP contribution in [-0.4, -0.2) is 189 Å². The van der Waals surface area contributed by atoms with Crippen LogP contribution < -0.4 is 68.3 Å². The molecule has 0 aliphatic heterocycles. The SMILES string of the molecule is [2H]N=C(N[2H])NCCC[C@H](N[2H])C(=O)O.[2H]NC(=O)CC[C@H](N[2H])C(=O)O.[2H]NC(=O)C[C@H](N[2H])C(=O)O.[2H]NCC(=O)O.[2H]N[C@@H](C)C(=O)O.[2H]N[C@@H](CC(=O)O)C(=O)O.[2H]N[C@@H](CS)C(=O)O.[2H]N[C@@H](Cc1cn([2H])cn1)C(=O)O. The van der Waals surface area contributed by atoms with Crippen molar-refractivity contribution < 1.29 is 117 Å². The first-order valence-corrected chi connectivity index (χ1v) is 18.8. The van der Waals surface area contributed by atoms with Gasteiger partial charge in [-0.1, -0.05) is 0 Å². The number of rotatable bonds is 30. The predicted molar refractivity (Wildman–Crippen MR) is 241 cm³/mol. The number of nitrogens with one attached hydrogen (secondary N) is 3. The van der Waals surface area contributed by atoms with E-state index >= 15 is 0 Å². The minimum Gasteiger partial charge on any atom is -0.481 e. The number of amides is 2. The molecule has 1 rings (SSSR count).